The van der Waals surface area contributed by atoms with Gasteiger partial charge in [0.2, 0.25) is 0 Å². The Balaban J connectivity index is 2.92. The summed E-state index contributed by atoms with van der Waals surface area (Å²) in [6, 6.07) is 7.58. The highest BCUT2D eigenvalue weighted by atomic mass is 79.9. The molecule has 3 heteroatoms. The third kappa shape index (κ3) is 5.76. The fraction of sp³-hybridized carbons (Fsp3) is 0.500. The summed E-state index contributed by atoms with van der Waals surface area (Å²) in [6.07, 6.45) is 7.29. The minimum Gasteiger partial charge on any atom is -0.297 e. The van der Waals surface area contributed by atoms with Crippen LogP contribution in [-0.4, -0.2) is 29.9 Å². The van der Waals surface area contributed by atoms with Crippen LogP contribution in [0.25, 0.3) is 0 Å². The van der Waals surface area contributed by atoms with E-state index in [1.807, 2.05) is 24.3 Å². The smallest absolute Gasteiger partial charge is 0.191 e. The molecule has 0 amide bonds. The molecule has 1 aromatic rings. The zero-order valence-corrected chi connectivity index (χ0v) is 15.0. The van der Waals surface area contributed by atoms with Crippen molar-refractivity contribution in [1.82, 2.24) is 0 Å². The first-order valence-electron chi connectivity index (χ1n) is 7.91. The molecule has 0 saturated heterocycles. The number of halogens is 1. The average Bonchev–Trinajstić information content (AvgIpc) is 2.45. The summed E-state index contributed by atoms with van der Waals surface area (Å²) in [5, 5.41) is 0. The van der Waals surface area contributed by atoms with Gasteiger partial charge in [-0.3, -0.25) is 9.28 Å². The number of nitrogens with zero attached hydrogens (tertiary/aromatic N) is 1. The molecule has 21 heavy (non-hydrogen) atoms. The van der Waals surface area contributed by atoms with Crippen molar-refractivity contribution >= 4 is 21.7 Å². The van der Waals surface area contributed by atoms with Gasteiger partial charge >= 0.3 is 0 Å². The third-order valence-electron chi connectivity index (χ3n) is 3.66. The number of benzene rings is 1. The first kappa shape index (κ1) is 18.1. The lowest BCUT2D eigenvalue weighted by Gasteiger charge is -2.34. The number of hydrogen-bond acceptors (Lipinski definition) is 1. The average molecular weight is 353 g/mol. The number of allylic oxidation sites excluding steroid dienone is 1. The second kappa shape index (κ2) is 9.16. The van der Waals surface area contributed by atoms with Crippen LogP contribution >= 0.6 is 15.9 Å². The molecule has 1 rings (SSSR count). The molecule has 0 saturated carbocycles. The van der Waals surface area contributed by atoms with Crippen LogP contribution in [0.5, 0.6) is 0 Å². The number of ketones is 1. The van der Waals surface area contributed by atoms with E-state index >= 15 is 0 Å². The van der Waals surface area contributed by atoms with Crippen LogP contribution in [0, 0.1) is 0 Å². The molecule has 1 aromatic carbocycles. The first-order chi connectivity index (χ1) is 10.1. The fourth-order valence-corrected chi connectivity index (χ4v) is 3.26. The summed E-state index contributed by atoms with van der Waals surface area (Å²) >= 11 is 3.42. The molecule has 0 aliphatic carbocycles. The van der Waals surface area contributed by atoms with Crippen molar-refractivity contribution in [3.05, 3.63) is 46.6 Å². The molecule has 0 radical (unpaired) electrons. The van der Waals surface area contributed by atoms with E-state index in [4.69, 9.17) is 0 Å². The van der Waals surface area contributed by atoms with Crippen molar-refractivity contribution in [3.63, 3.8) is 0 Å². The number of carbonyl (C=O) groups excluding carboxylic acids is 1. The molecule has 0 unspecified atom stereocenters. The number of quaternary nitrogens is 1. The predicted molar refractivity (Wildman–Crippen MR) is 93.3 cm³/mol. The van der Waals surface area contributed by atoms with Crippen molar-refractivity contribution < 1.29 is 9.28 Å². The predicted octanol–water partition coefficient (Wildman–Crippen LogP) is 5.19. The normalized spacial score (nSPS) is 12.0. The largest absolute Gasteiger partial charge is 0.297 e. The van der Waals surface area contributed by atoms with Crippen LogP contribution in [0.15, 0.2) is 41.0 Å². The highest BCUT2D eigenvalue weighted by Crippen LogP contribution is 2.16. The summed E-state index contributed by atoms with van der Waals surface area (Å²) in [5.41, 5.74) is 0.739. The Kier molecular flexibility index (Phi) is 7.91. The molecule has 0 spiro atoms. The van der Waals surface area contributed by atoms with Gasteiger partial charge in [0, 0.05) is 16.1 Å². The molecule has 0 aliphatic heterocycles. The molecule has 0 aliphatic rings. The lowest BCUT2D eigenvalue weighted by Crippen LogP contribution is -2.44. The standard InChI is InChI=1S/C18H27BrNO/c1-4-11-20(12-5-2,13-6-3)14-10-18(21)16-8-7-9-17(19)15-16/h7-10,14-15H,4-6,11-13H2,1-3H3/q+1/b14-10+. The van der Waals surface area contributed by atoms with Gasteiger partial charge in [-0.15, -0.1) is 0 Å². The van der Waals surface area contributed by atoms with E-state index in [2.05, 4.69) is 42.9 Å². The quantitative estimate of drug-likeness (QED) is 0.339. The van der Waals surface area contributed by atoms with Crippen LogP contribution < -0.4 is 0 Å². The minimum absolute atomic E-state index is 0.0853. The number of carbonyl (C=O) groups is 1. The summed E-state index contributed by atoms with van der Waals surface area (Å²) in [6.45, 7) is 9.94. The van der Waals surface area contributed by atoms with Gasteiger partial charge in [-0.1, -0.05) is 48.8 Å². The van der Waals surface area contributed by atoms with Crippen molar-refractivity contribution in [3.8, 4) is 0 Å². The molecule has 2 nitrogen and oxygen atoms in total. The molecule has 0 aromatic heterocycles. The van der Waals surface area contributed by atoms with Gasteiger partial charge < -0.3 is 0 Å². The fourth-order valence-electron chi connectivity index (χ4n) is 2.86. The Morgan fingerprint density at radius 2 is 1.67 bits per heavy atom. The molecule has 116 valence electrons. The highest BCUT2D eigenvalue weighted by molar-refractivity contribution is 9.10. The Morgan fingerprint density at radius 1 is 1.10 bits per heavy atom. The third-order valence-corrected chi connectivity index (χ3v) is 4.15. The molecule has 0 atom stereocenters. The second-order valence-electron chi connectivity index (χ2n) is 5.58. The number of hydrogen-bond donors (Lipinski definition) is 0. The van der Waals surface area contributed by atoms with E-state index in [0.29, 0.717) is 0 Å². The topological polar surface area (TPSA) is 17.1 Å². The maximum absolute atomic E-state index is 12.3. The molecule has 0 fully saturated rings. The van der Waals surface area contributed by atoms with E-state index < -0.39 is 0 Å². The van der Waals surface area contributed by atoms with Crippen LogP contribution in [0.1, 0.15) is 50.4 Å². The van der Waals surface area contributed by atoms with Crippen LogP contribution in [0.4, 0.5) is 0 Å². The Labute approximate surface area is 137 Å². The van der Waals surface area contributed by atoms with E-state index in [1.165, 1.54) is 0 Å². The Morgan fingerprint density at radius 3 is 2.14 bits per heavy atom. The van der Waals surface area contributed by atoms with Crippen molar-refractivity contribution in [1.29, 1.82) is 0 Å². The zero-order chi connectivity index (χ0) is 15.7. The Bertz CT molecular complexity index is 465. The van der Waals surface area contributed by atoms with Gasteiger partial charge in [-0.2, -0.15) is 0 Å². The van der Waals surface area contributed by atoms with Gasteiger partial charge in [-0.25, -0.2) is 0 Å². The van der Waals surface area contributed by atoms with Crippen LogP contribution in [0.3, 0.4) is 0 Å². The molecule has 0 bridgehead atoms. The summed E-state index contributed by atoms with van der Waals surface area (Å²) < 4.78 is 1.86. The van der Waals surface area contributed by atoms with Gasteiger partial charge in [0.25, 0.3) is 0 Å². The summed E-state index contributed by atoms with van der Waals surface area (Å²) in [4.78, 5) is 12.3. The molecule has 0 heterocycles. The van der Waals surface area contributed by atoms with E-state index in [0.717, 1.165) is 53.4 Å². The first-order valence-corrected chi connectivity index (χ1v) is 8.71. The molecular weight excluding hydrogens is 326 g/mol. The lowest BCUT2D eigenvalue weighted by atomic mass is 10.1. The van der Waals surface area contributed by atoms with Crippen LogP contribution in [-0.2, 0) is 0 Å². The van der Waals surface area contributed by atoms with E-state index in [9.17, 15) is 4.79 Å². The van der Waals surface area contributed by atoms with Crippen molar-refractivity contribution in [2.45, 2.75) is 40.0 Å². The highest BCUT2D eigenvalue weighted by Gasteiger charge is 2.22. The van der Waals surface area contributed by atoms with Gasteiger partial charge in [0.1, 0.15) is 0 Å². The SMILES string of the molecule is CCC[N+](/C=C/C(=O)c1cccc(Br)c1)(CCC)CCC. The van der Waals surface area contributed by atoms with Crippen LogP contribution in [0.2, 0.25) is 0 Å². The summed E-state index contributed by atoms with van der Waals surface area (Å²) in [5.74, 6) is 0.0853. The van der Waals surface area contributed by atoms with Gasteiger partial charge in [0.15, 0.2) is 5.78 Å². The van der Waals surface area contributed by atoms with Gasteiger partial charge in [-0.05, 0) is 31.4 Å². The monoisotopic (exact) mass is 352 g/mol. The van der Waals surface area contributed by atoms with E-state index in [-0.39, 0.29) is 5.78 Å². The van der Waals surface area contributed by atoms with E-state index in [1.54, 1.807) is 6.08 Å². The van der Waals surface area contributed by atoms with Gasteiger partial charge in [0.05, 0.1) is 25.8 Å². The minimum atomic E-state index is 0.0853. The second-order valence-corrected chi connectivity index (χ2v) is 6.50. The number of rotatable bonds is 9. The lowest BCUT2D eigenvalue weighted by molar-refractivity contribution is -0.879. The summed E-state index contributed by atoms with van der Waals surface area (Å²) in [7, 11) is 0. The maximum atomic E-state index is 12.3. The molecular formula is C18H27BrNO+. The maximum Gasteiger partial charge on any atom is 0.191 e. The molecule has 0 N–H and O–H groups in total. The Hall–Kier alpha value is -0.930. The van der Waals surface area contributed by atoms with Crippen molar-refractivity contribution in [2.24, 2.45) is 0 Å². The zero-order valence-electron chi connectivity index (χ0n) is 13.4. The van der Waals surface area contributed by atoms with Crippen molar-refractivity contribution in [2.75, 3.05) is 19.6 Å².